The van der Waals surface area contributed by atoms with E-state index < -0.39 is 0 Å². The molecule has 23 heavy (non-hydrogen) atoms. The van der Waals surface area contributed by atoms with Gasteiger partial charge in [0.15, 0.2) is 0 Å². The third kappa shape index (κ3) is 4.40. The monoisotopic (exact) mass is 334 g/mol. The molecule has 0 saturated heterocycles. The lowest BCUT2D eigenvalue weighted by molar-refractivity contribution is 0.119. The molecule has 2 aromatic heterocycles. The lowest BCUT2D eigenvalue weighted by Gasteiger charge is -2.27. The molecular weight excluding hydrogens is 316 g/mol. The number of aromatic nitrogens is 2. The van der Waals surface area contributed by atoms with Gasteiger partial charge in [0.2, 0.25) is 0 Å². The maximum Gasteiger partial charge on any atom is 0.322 e. The molecule has 0 aliphatic heterocycles. The first-order valence-electron chi connectivity index (χ1n) is 7.09. The van der Waals surface area contributed by atoms with Gasteiger partial charge in [0.05, 0.1) is 29.7 Å². The molecule has 0 fully saturated rings. The van der Waals surface area contributed by atoms with Crippen molar-refractivity contribution in [3.63, 3.8) is 0 Å². The van der Waals surface area contributed by atoms with Gasteiger partial charge in [-0.3, -0.25) is 4.98 Å². The van der Waals surface area contributed by atoms with Crippen molar-refractivity contribution in [2.24, 2.45) is 0 Å². The molecule has 1 atom stereocenters. The van der Waals surface area contributed by atoms with Crippen LogP contribution in [0.1, 0.15) is 17.4 Å². The van der Waals surface area contributed by atoms with E-state index in [1.807, 2.05) is 18.2 Å². The summed E-state index contributed by atoms with van der Waals surface area (Å²) in [4.78, 5) is 22.5. The zero-order valence-corrected chi connectivity index (χ0v) is 14.0. The number of likely N-dealkylation sites (N-methyl/N-ethyl adjacent to an activating group) is 1. The summed E-state index contributed by atoms with van der Waals surface area (Å²) in [7, 11) is 3.29. The number of rotatable bonds is 5. The maximum absolute atomic E-state index is 12.5. The quantitative estimate of drug-likeness (QED) is 0.852. The molecule has 0 saturated carbocycles. The number of amides is 2. The molecule has 2 amide bonds. The molecule has 0 spiro atoms. The first-order valence-corrected chi connectivity index (χ1v) is 7.47. The second-order valence-corrected chi connectivity index (χ2v) is 5.42. The SMILES string of the molecule is COC[C@@H](c1ccccn1)N(C)C(=O)Nc1ccc(Cl)nc1C. The third-order valence-corrected chi connectivity index (χ3v) is 3.65. The van der Waals surface area contributed by atoms with E-state index in [0.29, 0.717) is 23.1 Å². The molecule has 2 heterocycles. The number of urea groups is 1. The summed E-state index contributed by atoms with van der Waals surface area (Å²) in [5.74, 6) is 0. The molecule has 122 valence electrons. The van der Waals surface area contributed by atoms with Crippen molar-refractivity contribution in [3.8, 4) is 0 Å². The molecule has 7 heteroatoms. The summed E-state index contributed by atoms with van der Waals surface area (Å²) in [6, 6.07) is 8.37. The van der Waals surface area contributed by atoms with E-state index in [-0.39, 0.29) is 12.1 Å². The van der Waals surface area contributed by atoms with E-state index in [0.717, 1.165) is 5.69 Å². The predicted molar refractivity (Wildman–Crippen MR) is 89.6 cm³/mol. The minimum absolute atomic E-state index is 0.273. The van der Waals surface area contributed by atoms with Gasteiger partial charge < -0.3 is 15.0 Å². The van der Waals surface area contributed by atoms with Crippen molar-refractivity contribution >= 4 is 23.3 Å². The number of anilines is 1. The van der Waals surface area contributed by atoms with E-state index in [1.165, 1.54) is 0 Å². The Kier molecular flexibility index (Phi) is 5.90. The molecule has 0 unspecified atom stereocenters. The van der Waals surface area contributed by atoms with Crippen molar-refractivity contribution in [2.45, 2.75) is 13.0 Å². The molecule has 2 aromatic rings. The van der Waals surface area contributed by atoms with Crippen LogP contribution in [0.15, 0.2) is 36.5 Å². The molecule has 0 bridgehead atoms. The Balaban J connectivity index is 2.16. The fraction of sp³-hybridized carbons (Fsp3) is 0.312. The summed E-state index contributed by atoms with van der Waals surface area (Å²) in [5.41, 5.74) is 2.03. The number of methoxy groups -OCH3 is 1. The maximum atomic E-state index is 12.5. The number of pyridine rings is 2. The lowest BCUT2D eigenvalue weighted by Crippen LogP contribution is -2.37. The van der Waals surface area contributed by atoms with Gasteiger partial charge in [-0.2, -0.15) is 0 Å². The lowest BCUT2D eigenvalue weighted by atomic mass is 10.2. The average molecular weight is 335 g/mol. The highest BCUT2D eigenvalue weighted by molar-refractivity contribution is 6.29. The number of aryl methyl sites for hydroxylation is 1. The zero-order chi connectivity index (χ0) is 16.8. The molecular formula is C16H19ClN4O2. The van der Waals surface area contributed by atoms with Gasteiger partial charge in [-0.15, -0.1) is 0 Å². The van der Waals surface area contributed by atoms with Crippen LogP contribution in [0.4, 0.5) is 10.5 Å². The van der Waals surface area contributed by atoms with E-state index >= 15 is 0 Å². The molecule has 0 radical (unpaired) electrons. The molecule has 2 rings (SSSR count). The number of nitrogens with zero attached hydrogens (tertiary/aromatic N) is 3. The number of carbonyl (C=O) groups excluding carboxylic acids is 1. The summed E-state index contributed by atoms with van der Waals surface area (Å²) in [6.45, 7) is 2.13. The third-order valence-electron chi connectivity index (χ3n) is 3.44. The van der Waals surface area contributed by atoms with Crippen LogP contribution >= 0.6 is 11.6 Å². The Morgan fingerprint density at radius 2 is 2.17 bits per heavy atom. The Hall–Kier alpha value is -2.18. The molecule has 0 aromatic carbocycles. The van der Waals surface area contributed by atoms with E-state index in [2.05, 4.69) is 15.3 Å². The molecule has 1 N–H and O–H groups in total. The minimum atomic E-state index is -0.290. The smallest absolute Gasteiger partial charge is 0.322 e. The summed E-state index contributed by atoms with van der Waals surface area (Å²) in [5, 5.41) is 3.22. The molecule has 0 aliphatic carbocycles. The van der Waals surface area contributed by atoms with Gasteiger partial charge in [0.1, 0.15) is 5.15 Å². The molecule has 0 aliphatic rings. The standard InChI is InChI=1S/C16H19ClN4O2/c1-11-12(7-8-15(17)19-11)20-16(22)21(2)14(10-23-3)13-6-4-5-9-18-13/h4-9,14H,10H2,1-3H3,(H,20,22)/t14-/m0/s1. The Labute approximate surface area is 140 Å². The zero-order valence-electron chi connectivity index (χ0n) is 13.3. The highest BCUT2D eigenvalue weighted by Crippen LogP contribution is 2.20. The Morgan fingerprint density at radius 3 is 2.78 bits per heavy atom. The van der Waals surface area contributed by atoms with Crippen LogP contribution in [-0.2, 0) is 4.74 Å². The number of nitrogens with one attached hydrogen (secondary N) is 1. The minimum Gasteiger partial charge on any atom is -0.382 e. The fourth-order valence-electron chi connectivity index (χ4n) is 2.13. The van der Waals surface area contributed by atoms with Gasteiger partial charge in [-0.1, -0.05) is 17.7 Å². The average Bonchev–Trinajstić information content (AvgIpc) is 2.55. The predicted octanol–water partition coefficient (Wildman–Crippen LogP) is 3.29. The summed E-state index contributed by atoms with van der Waals surface area (Å²) < 4.78 is 5.23. The van der Waals surface area contributed by atoms with Gasteiger partial charge in [0, 0.05) is 20.4 Å². The first-order chi connectivity index (χ1) is 11.0. The van der Waals surface area contributed by atoms with Crippen molar-refractivity contribution in [2.75, 3.05) is 26.1 Å². The van der Waals surface area contributed by atoms with Crippen LogP contribution < -0.4 is 5.32 Å². The highest BCUT2D eigenvalue weighted by Gasteiger charge is 2.23. The largest absolute Gasteiger partial charge is 0.382 e. The Morgan fingerprint density at radius 1 is 1.39 bits per heavy atom. The van der Waals surface area contributed by atoms with Gasteiger partial charge in [-0.05, 0) is 31.2 Å². The topological polar surface area (TPSA) is 67.3 Å². The number of hydrogen-bond donors (Lipinski definition) is 1. The number of halogens is 1. The van der Waals surface area contributed by atoms with E-state index in [4.69, 9.17) is 16.3 Å². The second kappa shape index (κ2) is 7.89. The number of ether oxygens (including phenoxy) is 1. The molecule has 6 nitrogen and oxygen atoms in total. The second-order valence-electron chi connectivity index (χ2n) is 5.03. The Bertz CT molecular complexity index is 666. The van der Waals surface area contributed by atoms with Crippen LogP contribution in [0.25, 0.3) is 0 Å². The summed E-state index contributed by atoms with van der Waals surface area (Å²) >= 11 is 5.83. The van der Waals surface area contributed by atoms with Gasteiger partial charge in [0.25, 0.3) is 0 Å². The van der Waals surface area contributed by atoms with E-state index in [1.54, 1.807) is 44.3 Å². The first kappa shape index (κ1) is 17.2. The van der Waals surface area contributed by atoms with Crippen LogP contribution in [-0.4, -0.2) is 41.7 Å². The van der Waals surface area contributed by atoms with Crippen LogP contribution in [0.2, 0.25) is 5.15 Å². The number of hydrogen-bond acceptors (Lipinski definition) is 4. The van der Waals surface area contributed by atoms with Crippen molar-refractivity contribution in [1.29, 1.82) is 0 Å². The van der Waals surface area contributed by atoms with Gasteiger partial charge in [-0.25, -0.2) is 9.78 Å². The van der Waals surface area contributed by atoms with E-state index in [9.17, 15) is 4.79 Å². The van der Waals surface area contributed by atoms with Crippen molar-refractivity contribution in [1.82, 2.24) is 14.9 Å². The van der Waals surface area contributed by atoms with Crippen molar-refractivity contribution < 1.29 is 9.53 Å². The van der Waals surface area contributed by atoms with Crippen LogP contribution in [0, 0.1) is 6.92 Å². The van der Waals surface area contributed by atoms with Crippen LogP contribution in [0.3, 0.4) is 0 Å². The normalized spacial score (nSPS) is 11.8. The van der Waals surface area contributed by atoms with Gasteiger partial charge >= 0.3 is 6.03 Å². The summed E-state index contributed by atoms with van der Waals surface area (Å²) in [6.07, 6.45) is 1.69. The highest BCUT2D eigenvalue weighted by atomic mass is 35.5. The van der Waals surface area contributed by atoms with Crippen LogP contribution in [0.5, 0.6) is 0 Å². The fourth-order valence-corrected chi connectivity index (χ4v) is 2.32. The van der Waals surface area contributed by atoms with Crippen molar-refractivity contribution in [3.05, 3.63) is 53.1 Å². The number of carbonyl (C=O) groups is 1.